The SMILES string of the molecule is Cl.Cl.Nc1nc2ccccc2c2cn[nH]c12. The number of halogens is 2. The fourth-order valence-corrected chi connectivity index (χ4v) is 1.67. The van der Waals surface area contributed by atoms with E-state index in [4.69, 9.17) is 5.73 Å². The van der Waals surface area contributed by atoms with Gasteiger partial charge in [-0.1, -0.05) is 18.2 Å². The molecule has 0 atom stereocenters. The van der Waals surface area contributed by atoms with Crippen molar-refractivity contribution in [2.24, 2.45) is 0 Å². The summed E-state index contributed by atoms with van der Waals surface area (Å²) in [5.74, 6) is 0.496. The minimum absolute atomic E-state index is 0. The summed E-state index contributed by atoms with van der Waals surface area (Å²) in [6.07, 6.45) is 1.77. The van der Waals surface area contributed by atoms with Crippen molar-refractivity contribution in [3.05, 3.63) is 30.5 Å². The molecule has 3 aromatic rings. The monoisotopic (exact) mass is 256 g/mol. The predicted octanol–water partition coefficient (Wildman–Crippen LogP) is 2.54. The third-order valence-electron chi connectivity index (χ3n) is 2.33. The van der Waals surface area contributed by atoms with Crippen LogP contribution in [0.2, 0.25) is 0 Å². The van der Waals surface area contributed by atoms with Gasteiger partial charge < -0.3 is 5.73 Å². The van der Waals surface area contributed by atoms with Crippen LogP contribution in [0.15, 0.2) is 30.5 Å². The van der Waals surface area contributed by atoms with Gasteiger partial charge in [0.2, 0.25) is 0 Å². The second-order valence-corrected chi connectivity index (χ2v) is 3.17. The van der Waals surface area contributed by atoms with E-state index in [1.165, 1.54) is 0 Å². The first-order chi connectivity index (χ1) is 6.86. The van der Waals surface area contributed by atoms with Crippen LogP contribution in [0, 0.1) is 0 Å². The molecule has 2 aromatic heterocycles. The molecule has 3 rings (SSSR count). The smallest absolute Gasteiger partial charge is 0.150 e. The molecule has 0 saturated heterocycles. The van der Waals surface area contributed by atoms with Crippen LogP contribution in [0.3, 0.4) is 0 Å². The molecule has 84 valence electrons. The van der Waals surface area contributed by atoms with E-state index in [1.54, 1.807) is 6.20 Å². The van der Waals surface area contributed by atoms with Gasteiger partial charge in [-0.15, -0.1) is 24.8 Å². The number of pyridine rings is 1. The summed E-state index contributed by atoms with van der Waals surface area (Å²) in [5.41, 5.74) is 7.50. The predicted molar refractivity (Wildman–Crippen MR) is 70.3 cm³/mol. The van der Waals surface area contributed by atoms with E-state index in [9.17, 15) is 0 Å². The van der Waals surface area contributed by atoms with Crippen molar-refractivity contribution < 1.29 is 0 Å². The molecule has 0 bridgehead atoms. The van der Waals surface area contributed by atoms with Crippen molar-refractivity contribution in [3.8, 4) is 0 Å². The average molecular weight is 257 g/mol. The lowest BCUT2D eigenvalue weighted by molar-refractivity contribution is 1.12. The Morgan fingerprint density at radius 2 is 1.81 bits per heavy atom. The van der Waals surface area contributed by atoms with Gasteiger partial charge in [-0.2, -0.15) is 5.10 Å². The number of hydrogen-bond donors (Lipinski definition) is 2. The van der Waals surface area contributed by atoms with Crippen LogP contribution >= 0.6 is 24.8 Å². The number of nitrogens with zero attached hydrogens (tertiary/aromatic N) is 2. The number of benzene rings is 1. The molecular weight excluding hydrogens is 247 g/mol. The molecule has 3 N–H and O–H groups in total. The lowest BCUT2D eigenvalue weighted by atomic mass is 10.1. The van der Waals surface area contributed by atoms with Crippen LogP contribution in [-0.4, -0.2) is 15.2 Å². The second kappa shape index (κ2) is 4.55. The molecule has 0 aliphatic heterocycles. The van der Waals surface area contributed by atoms with Gasteiger partial charge in [-0.25, -0.2) is 4.98 Å². The van der Waals surface area contributed by atoms with Crippen molar-refractivity contribution in [2.45, 2.75) is 0 Å². The van der Waals surface area contributed by atoms with Crippen LogP contribution in [0.25, 0.3) is 21.8 Å². The molecule has 4 nitrogen and oxygen atoms in total. The molecule has 0 unspecified atom stereocenters. The molecule has 0 aliphatic carbocycles. The zero-order valence-electron chi connectivity index (χ0n) is 8.18. The van der Waals surface area contributed by atoms with Gasteiger partial charge in [0.1, 0.15) is 11.3 Å². The maximum atomic E-state index is 5.78. The van der Waals surface area contributed by atoms with E-state index in [0.717, 1.165) is 21.8 Å². The first-order valence-corrected chi connectivity index (χ1v) is 4.33. The fraction of sp³-hybridized carbons (Fsp3) is 0. The Morgan fingerprint density at radius 3 is 2.62 bits per heavy atom. The third kappa shape index (κ3) is 1.66. The summed E-state index contributed by atoms with van der Waals surface area (Å²) in [6, 6.07) is 7.88. The fourth-order valence-electron chi connectivity index (χ4n) is 1.67. The van der Waals surface area contributed by atoms with Gasteiger partial charge in [-0.3, -0.25) is 5.10 Å². The van der Waals surface area contributed by atoms with E-state index in [2.05, 4.69) is 15.2 Å². The van der Waals surface area contributed by atoms with E-state index in [0.29, 0.717) is 5.82 Å². The Hall–Kier alpha value is -1.52. The Labute approximate surface area is 104 Å². The highest BCUT2D eigenvalue weighted by atomic mass is 35.5. The number of hydrogen-bond acceptors (Lipinski definition) is 3. The number of aromatic nitrogens is 3. The van der Waals surface area contributed by atoms with Gasteiger partial charge in [0.05, 0.1) is 11.7 Å². The minimum atomic E-state index is 0. The second-order valence-electron chi connectivity index (χ2n) is 3.17. The standard InChI is InChI=1S/C10H8N4.2ClH/c11-10-9-7(5-12-14-9)6-3-1-2-4-8(6)13-10;;/h1-5H,(H2,11,13)(H,12,14);2*1H. The van der Waals surface area contributed by atoms with E-state index in [1.807, 2.05) is 24.3 Å². The van der Waals surface area contributed by atoms with Gasteiger partial charge in [-0.05, 0) is 6.07 Å². The van der Waals surface area contributed by atoms with Crippen molar-refractivity contribution in [1.29, 1.82) is 0 Å². The molecule has 0 aliphatic rings. The molecule has 0 spiro atoms. The van der Waals surface area contributed by atoms with Crippen molar-refractivity contribution >= 4 is 52.4 Å². The lowest BCUT2D eigenvalue weighted by Gasteiger charge is -2.00. The quantitative estimate of drug-likeness (QED) is 0.650. The number of anilines is 1. The zero-order valence-corrected chi connectivity index (χ0v) is 9.81. The number of H-pyrrole nitrogens is 1. The zero-order chi connectivity index (χ0) is 9.54. The Bertz CT molecular complexity index is 620. The van der Waals surface area contributed by atoms with Crippen molar-refractivity contribution in [1.82, 2.24) is 15.2 Å². The van der Waals surface area contributed by atoms with E-state index >= 15 is 0 Å². The van der Waals surface area contributed by atoms with Gasteiger partial charge in [0.25, 0.3) is 0 Å². The average Bonchev–Trinajstić information content (AvgIpc) is 2.67. The summed E-state index contributed by atoms with van der Waals surface area (Å²) < 4.78 is 0. The largest absolute Gasteiger partial charge is 0.382 e. The molecule has 0 saturated carbocycles. The van der Waals surface area contributed by atoms with Crippen LogP contribution in [-0.2, 0) is 0 Å². The van der Waals surface area contributed by atoms with Gasteiger partial charge >= 0.3 is 0 Å². The van der Waals surface area contributed by atoms with Crippen LogP contribution in [0.4, 0.5) is 5.82 Å². The van der Waals surface area contributed by atoms with Crippen LogP contribution in [0.1, 0.15) is 0 Å². The molecule has 0 fully saturated rings. The Morgan fingerprint density at radius 1 is 1.06 bits per heavy atom. The first kappa shape index (κ1) is 12.5. The number of nitrogens with one attached hydrogen (secondary N) is 1. The Kier molecular flexibility index (Phi) is 3.57. The molecule has 0 amide bonds. The highest BCUT2D eigenvalue weighted by Crippen LogP contribution is 2.25. The first-order valence-electron chi connectivity index (χ1n) is 4.33. The minimum Gasteiger partial charge on any atom is -0.382 e. The lowest BCUT2D eigenvalue weighted by Crippen LogP contribution is -1.92. The number of para-hydroxylation sites is 1. The number of rotatable bonds is 0. The Balaban J connectivity index is 0.000000640. The van der Waals surface area contributed by atoms with E-state index < -0.39 is 0 Å². The van der Waals surface area contributed by atoms with Crippen molar-refractivity contribution in [3.63, 3.8) is 0 Å². The van der Waals surface area contributed by atoms with Crippen LogP contribution < -0.4 is 5.73 Å². The highest BCUT2D eigenvalue weighted by molar-refractivity contribution is 6.07. The van der Waals surface area contributed by atoms with Crippen molar-refractivity contribution in [2.75, 3.05) is 5.73 Å². The highest BCUT2D eigenvalue weighted by Gasteiger charge is 2.06. The summed E-state index contributed by atoms with van der Waals surface area (Å²) in [5, 5.41) is 8.91. The summed E-state index contributed by atoms with van der Waals surface area (Å²) in [7, 11) is 0. The summed E-state index contributed by atoms with van der Waals surface area (Å²) in [6.45, 7) is 0. The number of fused-ring (bicyclic) bond motifs is 3. The van der Waals surface area contributed by atoms with Gasteiger partial charge in [0.15, 0.2) is 0 Å². The number of nitrogen functional groups attached to an aromatic ring is 1. The topological polar surface area (TPSA) is 67.6 Å². The normalized spacial score (nSPS) is 9.75. The summed E-state index contributed by atoms with van der Waals surface area (Å²) >= 11 is 0. The van der Waals surface area contributed by atoms with Crippen LogP contribution in [0.5, 0.6) is 0 Å². The molecule has 6 heteroatoms. The number of aromatic amines is 1. The maximum Gasteiger partial charge on any atom is 0.150 e. The molecular formula is C10H10Cl2N4. The molecule has 1 aromatic carbocycles. The van der Waals surface area contributed by atoms with E-state index in [-0.39, 0.29) is 24.8 Å². The molecule has 2 heterocycles. The third-order valence-corrected chi connectivity index (χ3v) is 2.33. The molecule has 16 heavy (non-hydrogen) atoms. The van der Waals surface area contributed by atoms with Gasteiger partial charge in [0, 0.05) is 10.8 Å². The summed E-state index contributed by atoms with van der Waals surface area (Å²) in [4.78, 5) is 4.28. The maximum absolute atomic E-state index is 5.78. The number of nitrogens with two attached hydrogens (primary N) is 1. The molecule has 0 radical (unpaired) electrons.